The molecule has 3 saturated heterocycles. The number of rotatable bonds is 16. The number of alkyl halides is 3. The van der Waals surface area contributed by atoms with Gasteiger partial charge in [-0.25, -0.2) is 14.4 Å². The molecule has 20 nitrogen and oxygen atoms in total. The molecule has 74 heavy (non-hydrogen) atoms. The Hall–Kier alpha value is -7.76. The number of nitrogens with one attached hydrogen (secondary N) is 5. The summed E-state index contributed by atoms with van der Waals surface area (Å²) in [4.78, 5) is 121. The van der Waals surface area contributed by atoms with Crippen LogP contribution in [-0.4, -0.2) is 149 Å². The summed E-state index contributed by atoms with van der Waals surface area (Å²) in [5.74, 6) is -4.29. The number of pyridine rings is 1. The third-order valence-corrected chi connectivity index (χ3v) is 13.9. The first-order valence-electron chi connectivity index (χ1n) is 24.4. The number of likely N-dealkylation sites (N-methyl/N-ethyl adjacent to an activating group) is 1. The zero-order chi connectivity index (χ0) is 53.0. The maximum Gasteiger partial charge on any atom is 0.417 e. The van der Waals surface area contributed by atoms with Gasteiger partial charge in [0.2, 0.25) is 35.1 Å². The second kappa shape index (κ2) is 22.2. The van der Waals surface area contributed by atoms with E-state index < -0.39 is 64.3 Å². The maximum absolute atomic E-state index is 16.1. The Balaban J connectivity index is 0.790. The summed E-state index contributed by atoms with van der Waals surface area (Å²) in [5.41, 5.74) is -1.94. The van der Waals surface area contributed by atoms with Crippen molar-refractivity contribution in [3.63, 3.8) is 0 Å². The van der Waals surface area contributed by atoms with Crippen LogP contribution >= 0.6 is 0 Å². The van der Waals surface area contributed by atoms with Gasteiger partial charge in [0, 0.05) is 125 Å². The Morgan fingerprint density at radius 3 is 2.22 bits per heavy atom. The molecular formula is C50H56F4N12O8. The van der Waals surface area contributed by atoms with Gasteiger partial charge in [-0.05, 0) is 70.8 Å². The van der Waals surface area contributed by atoms with Crippen LogP contribution in [0.1, 0.15) is 95.4 Å². The first-order chi connectivity index (χ1) is 35.3. The van der Waals surface area contributed by atoms with E-state index in [4.69, 9.17) is 0 Å². The van der Waals surface area contributed by atoms with E-state index in [0.29, 0.717) is 89.1 Å². The number of fused-ring (bicyclic) bond motifs is 1. The maximum atomic E-state index is 16.1. The quantitative estimate of drug-likeness (QED) is 0.0606. The van der Waals surface area contributed by atoms with Crippen molar-refractivity contribution in [2.24, 2.45) is 0 Å². The lowest BCUT2D eigenvalue weighted by molar-refractivity contribution is -0.138. The second-order valence-electron chi connectivity index (χ2n) is 18.8. The van der Waals surface area contributed by atoms with Crippen LogP contribution < -0.4 is 36.6 Å². The number of carbonyl (C=O) groups is 7. The molecule has 0 radical (unpaired) electrons. The number of H-pyrrole nitrogens is 1. The highest BCUT2D eigenvalue weighted by Gasteiger charge is 2.46. The average Bonchev–Trinajstić information content (AvgIpc) is 3.63. The highest BCUT2D eigenvalue weighted by molar-refractivity contribution is 6.25. The summed E-state index contributed by atoms with van der Waals surface area (Å²) in [6.07, 6.45) is 0.654. The van der Waals surface area contributed by atoms with Crippen LogP contribution in [0.25, 0.3) is 11.1 Å². The van der Waals surface area contributed by atoms with Gasteiger partial charge in [0.05, 0.1) is 33.6 Å². The van der Waals surface area contributed by atoms with E-state index in [0.717, 1.165) is 11.3 Å². The zero-order valence-electron chi connectivity index (χ0n) is 40.9. The highest BCUT2D eigenvalue weighted by atomic mass is 19.4. The van der Waals surface area contributed by atoms with Crippen molar-refractivity contribution in [2.75, 3.05) is 79.8 Å². The fraction of sp³-hybridized carbons (Fsp3) is 0.440. The predicted molar refractivity (Wildman–Crippen MR) is 263 cm³/mol. The first kappa shape index (κ1) is 52.6. The molecule has 3 atom stereocenters. The SMILES string of the molecule is C[C@@H]1CN(c2cc(F)c(-c3cnc(N4CCN(C(=O)CCC(=O)NCCCCCNc5cccc6c5C(=O)N(C5CCC(=O)NC5=O)C6=O)CC4)nc3)cc2NC(=O)c2c[nH]c(=O)cc2C(F)(F)F)C[C@H](C)N1C. The van der Waals surface area contributed by atoms with Crippen molar-refractivity contribution in [3.05, 3.63) is 93.4 Å². The van der Waals surface area contributed by atoms with E-state index in [2.05, 4.69) is 41.1 Å². The van der Waals surface area contributed by atoms with Crippen molar-refractivity contribution < 1.29 is 51.1 Å². The van der Waals surface area contributed by atoms with Crippen molar-refractivity contribution in [1.82, 2.24) is 40.3 Å². The molecule has 4 aliphatic heterocycles. The third kappa shape index (κ3) is 11.5. The molecular weight excluding hydrogens is 973 g/mol. The number of benzene rings is 2. The molecule has 7 amide bonds. The molecule has 24 heteroatoms. The lowest BCUT2D eigenvalue weighted by Gasteiger charge is -2.44. The molecule has 0 aliphatic carbocycles. The van der Waals surface area contributed by atoms with E-state index in [1.54, 1.807) is 17.0 Å². The Kier molecular flexibility index (Phi) is 15.7. The summed E-state index contributed by atoms with van der Waals surface area (Å²) >= 11 is 0. The Morgan fingerprint density at radius 1 is 0.824 bits per heavy atom. The van der Waals surface area contributed by atoms with Crippen molar-refractivity contribution in [1.29, 1.82) is 0 Å². The standard InChI is InChI=1S/C50H56F4N12O8/c1-28-26-65(27-29(2)62(28)3)39-22-35(51)32(20-37(39)60-45(71)33-25-57-42(69)21-34(33)50(52,53)54)30-23-58-49(59-24-30)64-18-16-63(17-19-64)43(70)13-12-40(67)56-15-6-4-5-14-55-36-9-7-8-31-44(36)48(74)66(47(31)73)38-10-11-41(68)61-46(38)72/h7-9,20-25,28-29,38,55H,4-6,10-19,26-27H2,1-3H3,(H,56,67)(H,57,69)(H,60,71)(H,61,68,72)/t28-,29+,38?. The van der Waals surface area contributed by atoms with Gasteiger partial charge in [-0.2, -0.15) is 13.2 Å². The number of piperazine rings is 2. The molecule has 0 bridgehead atoms. The number of imide groups is 2. The van der Waals surface area contributed by atoms with Crippen molar-refractivity contribution in [3.8, 4) is 11.1 Å². The van der Waals surface area contributed by atoms with Crippen LogP contribution in [0, 0.1) is 5.82 Å². The molecule has 392 valence electrons. The fourth-order valence-electron chi connectivity index (χ4n) is 9.62. The average molecular weight is 1030 g/mol. The molecule has 8 rings (SSSR count). The number of carbonyl (C=O) groups excluding carboxylic acids is 7. The van der Waals surface area contributed by atoms with Gasteiger partial charge in [-0.15, -0.1) is 0 Å². The van der Waals surface area contributed by atoms with Gasteiger partial charge >= 0.3 is 6.18 Å². The molecule has 4 aromatic rings. The molecule has 0 saturated carbocycles. The van der Waals surface area contributed by atoms with Gasteiger partial charge in [0.1, 0.15) is 11.9 Å². The molecule has 6 heterocycles. The van der Waals surface area contributed by atoms with Crippen LogP contribution in [-0.2, 0) is 25.4 Å². The first-order valence-corrected chi connectivity index (χ1v) is 24.4. The number of hydrogen-bond donors (Lipinski definition) is 5. The number of halogens is 4. The Labute approximate surface area is 422 Å². The van der Waals surface area contributed by atoms with E-state index in [-0.39, 0.29) is 83.2 Å². The topological polar surface area (TPSA) is 242 Å². The summed E-state index contributed by atoms with van der Waals surface area (Å²) in [7, 11) is 1.95. The van der Waals surface area contributed by atoms with Crippen LogP contribution in [0.2, 0.25) is 0 Å². The fourth-order valence-corrected chi connectivity index (χ4v) is 9.62. The minimum absolute atomic E-state index is 0.00512. The second-order valence-corrected chi connectivity index (χ2v) is 18.8. The Bertz CT molecular complexity index is 2900. The van der Waals surface area contributed by atoms with Crippen LogP contribution in [0.5, 0.6) is 0 Å². The molecule has 5 N–H and O–H groups in total. The highest BCUT2D eigenvalue weighted by Crippen LogP contribution is 2.38. The number of hydrogen-bond acceptors (Lipinski definition) is 14. The molecule has 4 aliphatic rings. The van der Waals surface area contributed by atoms with Crippen molar-refractivity contribution >= 4 is 64.4 Å². The summed E-state index contributed by atoms with van der Waals surface area (Å²) in [6, 6.07) is 6.69. The van der Waals surface area contributed by atoms with Gasteiger partial charge in [-0.3, -0.25) is 53.5 Å². The number of amides is 7. The largest absolute Gasteiger partial charge is 0.417 e. The monoisotopic (exact) mass is 1030 g/mol. The number of nitrogens with zero attached hydrogens (tertiary/aromatic N) is 7. The molecule has 3 fully saturated rings. The van der Waals surface area contributed by atoms with Crippen LogP contribution in [0.4, 0.5) is 40.6 Å². The number of aromatic amines is 1. The smallest absolute Gasteiger partial charge is 0.384 e. The zero-order valence-corrected chi connectivity index (χ0v) is 40.9. The normalized spacial score (nSPS) is 19.4. The van der Waals surface area contributed by atoms with E-state index in [1.165, 1.54) is 30.6 Å². The molecule has 1 unspecified atom stereocenters. The third-order valence-electron chi connectivity index (χ3n) is 13.9. The lowest BCUT2D eigenvalue weighted by atomic mass is 10.0. The minimum atomic E-state index is -5.01. The number of aromatic nitrogens is 3. The van der Waals surface area contributed by atoms with Gasteiger partial charge in [0.15, 0.2) is 0 Å². The molecule has 2 aromatic heterocycles. The summed E-state index contributed by atoms with van der Waals surface area (Å²) in [5, 5.41) is 10.8. The number of unbranched alkanes of at least 4 members (excludes halogenated alkanes) is 2. The summed E-state index contributed by atoms with van der Waals surface area (Å²) < 4.78 is 58.0. The predicted octanol–water partition coefficient (Wildman–Crippen LogP) is 4.00. The minimum Gasteiger partial charge on any atom is -0.384 e. The van der Waals surface area contributed by atoms with Gasteiger partial charge in [0.25, 0.3) is 17.7 Å². The molecule has 2 aromatic carbocycles. The van der Waals surface area contributed by atoms with E-state index in [1.807, 2.05) is 30.7 Å². The van der Waals surface area contributed by atoms with Crippen molar-refractivity contribution in [2.45, 2.75) is 83.1 Å². The van der Waals surface area contributed by atoms with Gasteiger partial charge < -0.3 is 35.6 Å². The number of anilines is 4. The van der Waals surface area contributed by atoms with Crippen LogP contribution in [0.15, 0.2) is 59.8 Å². The Morgan fingerprint density at radius 2 is 1.53 bits per heavy atom. The van der Waals surface area contributed by atoms with E-state index in [9.17, 15) is 51.5 Å². The molecule has 0 spiro atoms. The van der Waals surface area contributed by atoms with Gasteiger partial charge in [-0.1, -0.05) is 6.07 Å². The number of piperidine rings is 1. The lowest BCUT2D eigenvalue weighted by Crippen LogP contribution is -2.55. The van der Waals surface area contributed by atoms with E-state index >= 15 is 4.39 Å². The summed E-state index contributed by atoms with van der Waals surface area (Å²) in [6.45, 7) is 7.11. The van der Waals surface area contributed by atoms with Crippen LogP contribution in [0.3, 0.4) is 0 Å².